The van der Waals surface area contributed by atoms with E-state index in [1.54, 1.807) is 0 Å². The van der Waals surface area contributed by atoms with Gasteiger partial charge in [-0.2, -0.15) is 0 Å². The number of aryl methyl sites for hydroxylation is 3. The van der Waals surface area contributed by atoms with E-state index < -0.39 is 0 Å². The van der Waals surface area contributed by atoms with Gasteiger partial charge in [0.05, 0.1) is 18.0 Å². The van der Waals surface area contributed by atoms with Crippen molar-refractivity contribution < 1.29 is 4.74 Å². The first-order chi connectivity index (χ1) is 55.3. The van der Waals surface area contributed by atoms with Gasteiger partial charge in [-0.25, -0.2) is 0 Å². The van der Waals surface area contributed by atoms with Crippen LogP contribution in [0.1, 0.15) is 188 Å². The minimum Gasteiger partial charge on any atom is -0.494 e. The molecular weight excluding hydrogens is 1360 g/mol. The summed E-state index contributed by atoms with van der Waals surface area (Å²) in [7, 11) is 0. The Morgan fingerprint density at radius 3 is 0.982 bits per heavy atom. The van der Waals surface area contributed by atoms with Gasteiger partial charge >= 0.3 is 0 Å². The summed E-state index contributed by atoms with van der Waals surface area (Å²) in [5.74, 6) is 0.907. The van der Waals surface area contributed by atoms with Crippen LogP contribution in [0.3, 0.4) is 0 Å². The normalized spacial score (nSPS) is 11.9. The summed E-state index contributed by atoms with van der Waals surface area (Å²) >= 11 is 0. The van der Waals surface area contributed by atoms with Gasteiger partial charge in [-0.3, -0.25) is 0 Å². The molecule has 0 aliphatic heterocycles. The minimum atomic E-state index is 0.735. The molecular formula is C106H111N5O. The molecule has 12 aromatic carbocycles. The van der Waals surface area contributed by atoms with Crippen LogP contribution in [-0.4, -0.2) is 15.7 Å². The van der Waals surface area contributed by atoms with Crippen LogP contribution in [0, 0.1) is 6.92 Å². The second-order valence-corrected chi connectivity index (χ2v) is 30.3. The van der Waals surface area contributed by atoms with Gasteiger partial charge in [0.1, 0.15) is 5.75 Å². The maximum Gasteiger partial charge on any atom is 0.119 e. The van der Waals surface area contributed by atoms with E-state index in [0.717, 1.165) is 117 Å². The molecule has 2 aromatic heterocycles. The highest BCUT2D eigenvalue weighted by atomic mass is 16.5. The van der Waals surface area contributed by atoms with Gasteiger partial charge in [-0.1, -0.05) is 311 Å². The average molecular weight is 1470 g/mol. The Labute approximate surface area is 667 Å². The molecule has 0 fully saturated rings. The fourth-order valence-electron chi connectivity index (χ4n) is 16.1. The van der Waals surface area contributed by atoms with E-state index in [9.17, 15) is 0 Å². The quantitative estimate of drug-likeness (QED) is 0.0285. The summed E-state index contributed by atoms with van der Waals surface area (Å²) in [6.45, 7) is 13.9. The van der Waals surface area contributed by atoms with Crippen LogP contribution in [0.25, 0.3) is 86.1 Å². The Balaban J connectivity index is 0.765. The molecule has 0 N–H and O–H groups in total. The lowest BCUT2D eigenvalue weighted by Gasteiger charge is -2.31. The van der Waals surface area contributed by atoms with E-state index in [4.69, 9.17) is 4.74 Å². The molecule has 112 heavy (non-hydrogen) atoms. The second kappa shape index (κ2) is 38.8. The van der Waals surface area contributed by atoms with Crippen molar-refractivity contribution in [2.24, 2.45) is 0 Å². The molecule has 6 nitrogen and oxygen atoms in total. The second-order valence-electron chi connectivity index (χ2n) is 30.3. The predicted molar refractivity (Wildman–Crippen MR) is 488 cm³/mol. The maximum atomic E-state index is 6.33. The minimum absolute atomic E-state index is 0.735. The van der Waals surface area contributed by atoms with E-state index >= 15 is 0 Å². The van der Waals surface area contributed by atoms with Crippen molar-refractivity contribution in [2.45, 2.75) is 163 Å². The number of ether oxygens (including phenoxy) is 1. The Morgan fingerprint density at radius 2 is 0.589 bits per heavy atom. The van der Waals surface area contributed by atoms with Crippen LogP contribution in [-0.2, 0) is 13.1 Å². The topological polar surface area (TPSA) is 28.8 Å². The van der Waals surface area contributed by atoms with Crippen molar-refractivity contribution in [3.63, 3.8) is 0 Å². The molecule has 0 radical (unpaired) electrons. The first kappa shape index (κ1) is 77.1. The summed E-state index contributed by atoms with van der Waals surface area (Å²) in [5.41, 5.74) is 24.3. The van der Waals surface area contributed by atoms with Crippen molar-refractivity contribution >= 4 is 137 Å². The molecule has 0 unspecified atom stereocenters. The Hall–Kier alpha value is -11.6. The largest absolute Gasteiger partial charge is 0.494 e. The third kappa shape index (κ3) is 19.0. The van der Waals surface area contributed by atoms with Gasteiger partial charge in [-0.05, 0) is 200 Å². The summed E-state index contributed by atoms with van der Waals surface area (Å²) < 4.78 is 11.5. The van der Waals surface area contributed by atoms with Crippen molar-refractivity contribution in [3.05, 3.63) is 330 Å². The Kier molecular flexibility index (Phi) is 26.8. The lowest BCUT2D eigenvalue weighted by molar-refractivity contribution is 0.304. The smallest absolute Gasteiger partial charge is 0.119 e. The van der Waals surface area contributed by atoms with E-state index in [1.165, 1.54) is 163 Å². The molecule has 0 saturated heterocycles. The third-order valence-corrected chi connectivity index (χ3v) is 22.1. The molecule has 14 rings (SSSR count). The first-order valence-electron chi connectivity index (χ1n) is 41.8. The third-order valence-electron chi connectivity index (χ3n) is 22.1. The number of aromatic nitrogens is 2. The summed E-state index contributed by atoms with van der Waals surface area (Å²) in [6.07, 6.45) is 40.7. The monoisotopic (exact) mass is 1470 g/mol. The lowest BCUT2D eigenvalue weighted by atomic mass is 10.00. The summed E-state index contributed by atoms with van der Waals surface area (Å²) in [4.78, 5) is 7.15. The zero-order valence-corrected chi connectivity index (χ0v) is 66.7. The number of benzene rings is 12. The molecule has 566 valence electrons. The lowest BCUT2D eigenvalue weighted by Crippen LogP contribution is -2.15. The standard InChI is InChI=1S/C106H111N5O/c1-6-10-13-16-19-34-72-107-103-75-81(5)46-68-97(103)98-69-56-84(76-104(98)107)49-47-82-52-60-93(61-53-82)109(95-64-66-96(67-65-95)112-74-36-21-18-15-12-8-3)94-62-54-83(55-63-94)48-50-85-57-70-99-100-71-58-86(78-106(100)108(105(99)77-85)73-35-20-17-14-11-7-2)51-59-88-80-101(110(89-38-26-22-27-39-89)90-40-28-23-29-41-90)87(37-9-4)79-102(88)111(91-42-30-24-31-43-91)92-44-32-25-33-45-92/h9,22-33,37-71,75-80H,6-8,10-21,34-36,72-74H2,1-5H3/b37-9+,49-47+,50-48+,59-51+. The van der Waals surface area contributed by atoms with Crippen LogP contribution in [0.2, 0.25) is 0 Å². The molecule has 2 heterocycles. The number of unbranched alkanes of at least 4 members (excludes halogenated alkanes) is 15. The molecule has 0 aliphatic rings. The number of anilines is 9. The van der Waals surface area contributed by atoms with Crippen molar-refractivity contribution in [2.75, 3.05) is 21.3 Å². The fourth-order valence-corrected chi connectivity index (χ4v) is 16.1. The average Bonchev–Trinajstić information content (AvgIpc) is 0.983. The molecule has 0 spiro atoms. The van der Waals surface area contributed by atoms with Crippen molar-refractivity contribution in [1.82, 2.24) is 9.13 Å². The maximum absolute atomic E-state index is 6.33. The van der Waals surface area contributed by atoms with Gasteiger partial charge in [0.2, 0.25) is 0 Å². The van der Waals surface area contributed by atoms with Crippen LogP contribution >= 0.6 is 0 Å². The molecule has 0 saturated carbocycles. The van der Waals surface area contributed by atoms with Crippen LogP contribution in [0.5, 0.6) is 5.75 Å². The van der Waals surface area contributed by atoms with E-state index in [0.29, 0.717) is 0 Å². The molecule has 14 aromatic rings. The Bertz CT molecular complexity index is 5380. The van der Waals surface area contributed by atoms with Crippen LogP contribution in [0.15, 0.2) is 285 Å². The zero-order valence-electron chi connectivity index (χ0n) is 66.7. The number of hydrogen-bond acceptors (Lipinski definition) is 4. The fraction of sp³-hybridized carbons (Fsp3) is 0.245. The molecule has 6 heteroatoms. The Morgan fingerprint density at radius 1 is 0.277 bits per heavy atom. The van der Waals surface area contributed by atoms with Crippen LogP contribution < -0.4 is 19.4 Å². The highest BCUT2D eigenvalue weighted by Crippen LogP contribution is 2.46. The highest BCUT2D eigenvalue weighted by molar-refractivity contribution is 6.10. The molecule has 0 bridgehead atoms. The first-order valence-corrected chi connectivity index (χ1v) is 41.8. The molecule has 0 aliphatic carbocycles. The van der Waals surface area contributed by atoms with E-state index in [1.807, 2.05) is 0 Å². The van der Waals surface area contributed by atoms with Crippen LogP contribution in [0.4, 0.5) is 51.2 Å². The van der Waals surface area contributed by atoms with Gasteiger partial charge in [0.15, 0.2) is 0 Å². The number of allylic oxidation sites excluding steroid dienone is 1. The number of nitrogens with zero attached hydrogens (tertiary/aromatic N) is 5. The molecule has 0 atom stereocenters. The van der Waals surface area contributed by atoms with E-state index in [2.05, 4.69) is 386 Å². The van der Waals surface area contributed by atoms with Gasteiger partial charge in [-0.15, -0.1) is 0 Å². The van der Waals surface area contributed by atoms with Gasteiger partial charge in [0, 0.05) is 108 Å². The van der Waals surface area contributed by atoms with E-state index in [-0.39, 0.29) is 0 Å². The number of para-hydroxylation sites is 4. The highest BCUT2D eigenvalue weighted by Gasteiger charge is 2.23. The predicted octanol–water partition coefficient (Wildman–Crippen LogP) is 31.6. The van der Waals surface area contributed by atoms with Crippen molar-refractivity contribution in [3.8, 4) is 5.75 Å². The van der Waals surface area contributed by atoms with Gasteiger partial charge < -0.3 is 28.6 Å². The SMILES string of the molecule is C/C=C/c1cc(N(c2ccccc2)c2ccccc2)c(/C=C/c2ccc3c4ccc(/C=C/c5ccc(N(c6ccc(/C=C/c7ccc8c9ccc(C)cc9n(CCCCCCCC)c8c7)cc6)c6ccc(OCCCCCCCC)cc6)cc5)cc4n(CCCCCCCC)c3c2)cc1N(c1ccccc1)c1ccccc1. The number of hydrogen-bond donors (Lipinski definition) is 0. The zero-order chi connectivity index (χ0) is 76.6. The number of rotatable bonds is 38. The summed E-state index contributed by atoms with van der Waals surface area (Å²) in [6, 6.07) is 103. The van der Waals surface area contributed by atoms with Crippen molar-refractivity contribution in [1.29, 1.82) is 0 Å². The molecule has 0 amide bonds. The summed E-state index contributed by atoms with van der Waals surface area (Å²) in [5, 5.41) is 5.23. The van der Waals surface area contributed by atoms with Gasteiger partial charge in [0.25, 0.3) is 0 Å². The number of fused-ring (bicyclic) bond motifs is 6.